The number of aliphatic hydroxyl groups excluding tert-OH is 1. The van der Waals surface area contributed by atoms with Crippen molar-refractivity contribution in [3.63, 3.8) is 0 Å². The first-order chi connectivity index (χ1) is 7.34. The molecule has 0 radical (unpaired) electrons. The van der Waals surface area contributed by atoms with Gasteiger partial charge in [0.25, 0.3) is 0 Å². The molecule has 3 N–H and O–H groups in total. The molecule has 0 aliphatic heterocycles. The van der Waals surface area contributed by atoms with Gasteiger partial charge in [0, 0.05) is 17.1 Å². The molecule has 0 saturated heterocycles. The Morgan fingerprint density at radius 2 is 2.12 bits per heavy atom. The second-order valence-corrected chi connectivity index (χ2v) is 6.05. The molecule has 2 unspecified atom stereocenters. The number of aliphatic hydroxyl groups is 1. The Morgan fingerprint density at radius 3 is 2.62 bits per heavy atom. The van der Waals surface area contributed by atoms with Crippen molar-refractivity contribution in [2.24, 2.45) is 5.73 Å². The minimum absolute atomic E-state index is 0.115. The van der Waals surface area contributed by atoms with Crippen molar-refractivity contribution < 1.29 is 5.11 Å². The Morgan fingerprint density at radius 1 is 1.50 bits per heavy atom. The van der Waals surface area contributed by atoms with Gasteiger partial charge in [0.1, 0.15) is 0 Å². The Kier molecular flexibility index (Phi) is 4.38. The van der Waals surface area contributed by atoms with Crippen molar-refractivity contribution in [3.05, 3.63) is 0 Å². The Bertz CT molecular complexity index is 225. The van der Waals surface area contributed by atoms with E-state index in [0.29, 0.717) is 6.04 Å². The standard InChI is InChI=1S/C13H28N2O/c1-5-12(2,3)15(4)11-7-6-8-13(14,9-11)10-16/h11,16H,5-10,14H2,1-4H3. The molecule has 3 nitrogen and oxygen atoms in total. The monoisotopic (exact) mass is 228 g/mol. The number of hydrogen-bond acceptors (Lipinski definition) is 3. The van der Waals surface area contributed by atoms with E-state index in [1.807, 2.05) is 0 Å². The lowest BCUT2D eigenvalue weighted by Gasteiger charge is -2.46. The van der Waals surface area contributed by atoms with E-state index in [4.69, 9.17) is 5.73 Å². The summed E-state index contributed by atoms with van der Waals surface area (Å²) in [6, 6.07) is 0.515. The highest BCUT2D eigenvalue weighted by Gasteiger charge is 2.37. The molecule has 1 aliphatic rings. The Labute approximate surface area is 100 Å². The first kappa shape index (κ1) is 13.9. The lowest BCUT2D eigenvalue weighted by atomic mass is 9.78. The first-order valence-corrected chi connectivity index (χ1v) is 6.47. The highest BCUT2D eigenvalue weighted by atomic mass is 16.3. The van der Waals surface area contributed by atoms with Crippen LogP contribution in [0, 0.1) is 0 Å². The van der Waals surface area contributed by atoms with E-state index in [9.17, 15) is 5.11 Å². The van der Waals surface area contributed by atoms with Crippen LogP contribution in [0.25, 0.3) is 0 Å². The van der Waals surface area contributed by atoms with Gasteiger partial charge in [-0.1, -0.05) is 6.92 Å². The molecule has 0 amide bonds. The molecule has 1 aliphatic carbocycles. The van der Waals surface area contributed by atoms with Crippen LogP contribution in [0.1, 0.15) is 52.9 Å². The van der Waals surface area contributed by atoms with Crippen molar-refractivity contribution in [1.29, 1.82) is 0 Å². The lowest BCUT2D eigenvalue weighted by Crippen LogP contribution is -2.56. The van der Waals surface area contributed by atoms with E-state index in [1.165, 1.54) is 6.42 Å². The zero-order valence-corrected chi connectivity index (χ0v) is 11.3. The molecule has 0 aromatic carbocycles. The van der Waals surface area contributed by atoms with E-state index < -0.39 is 0 Å². The summed E-state index contributed by atoms with van der Waals surface area (Å²) in [5.41, 5.74) is 6.07. The summed E-state index contributed by atoms with van der Waals surface area (Å²) in [6.07, 6.45) is 5.35. The maximum absolute atomic E-state index is 9.37. The van der Waals surface area contributed by atoms with E-state index >= 15 is 0 Å². The molecule has 0 bridgehead atoms. The Hall–Kier alpha value is -0.120. The second-order valence-electron chi connectivity index (χ2n) is 6.05. The minimum Gasteiger partial charge on any atom is -0.394 e. The van der Waals surface area contributed by atoms with E-state index in [0.717, 1.165) is 25.7 Å². The predicted octanol–water partition coefficient (Wildman–Crippen LogP) is 1.74. The van der Waals surface area contributed by atoms with Crippen LogP contribution in [0.2, 0.25) is 0 Å². The molecular weight excluding hydrogens is 200 g/mol. The molecule has 3 heteroatoms. The highest BCUT2D eigenvalue weighted by molar-refractivity contribution is 4.95. The van der Waals surface area contributed by atoms with Crippen LogP contribution in [0.15, 0.2) is 0 Å². The summed E-state index contributed by atoms with van der Waals surface area (Å²) >= 11 is 0. The van der Waals surface area contributed by atoms with Gasteiger partial charge in [-0.2, -0.15) is 0 Å². The number of nitrogens with zero attached hydrogens (tertiary/aromatic N) is 1. The fourth-order valence-electron chi connectivity index (χ4n) is 2.58. The topological polar surface area (TPSA) is 49.5 Å². The van der Waals surface area contributed by atoms with Crippen LogP contribution >= 0.6 is 0 Å². The predicted molar refractivity (Wildman–Crippen MR) is 68.4 cm³/mol. The van der Waals surface area contributed by atoms with Crippen LogP contribution in [-0.2, 0) is 0 Å². The summed E-state index contributed by atoms with van der Waals surface area (Å²) in [5, 5.41) is 9.37. The number of nitrogens with two attached hydrogens (primary N) is 1. The molecule has 16 heavy (non-hydrogen) atoms. The van der Waals surface area contributed by atoms with Crippen molar-refractivity contribution >= 4 is 0 Å². The van der Waals surface area contributed by atoms with Crippen LogP contribution in [0.5, 0.6) is 0 Å². The van der Waals surface area contributed by atoms with E-state index in [-0.39, 0.29) is 17.7 Å². The maximum atomic E-state index is 9.37. The smallest absolute Gasteiger partial charge is 0.0611 e. The molecule has 0 spiro atoms. The molecule has 2 atom stereocenters. The summed E-state index contributed by atoms with van der Waals surface area (Å²) < 4.78 is 0. The van der Waals surface area contributed by atoms with Gasteiger partial charge in [0.2, 0.25) is 0 Å². The van der Waals surface area contributed by atoms with Gasteiger partial charge in [-0.3, -0.25) is 4.90 Å². The maximum Gasteiger partial charge on any atom is 0.0611 e. The Balaban J connectivity index is 2.67. The third-order valence-corrected chi connectivity index (χ3v) is 4.54. The van der Waals surface area contributed by atoms with Crippen molar-refractivity contribution in [2.45, 2.75) is 70.0 Å². The van der Waals surface area contributed by atoms with Crippen molar-refractivity contribution in [1.82, 2.24) is 4.90 Å². The minimum atomic E-state index is -0.346. The zero-order chi connectivity index (χ0) is 12.4. The zero-order valence-electron chi connectivity index (χ0n) is 11.3. The highest BCUT2D eigenvalue weighted by Crippen LogP contribution is 2.32. The second kappa shape index (κ2) is 5.03. The largest absolute Gasteiger partial charge is 0.394 e. The lowest BCUT2D eigenvalue weighted by molar-refractivity contribution is 0.0376. The molecule has 96 valence electrons. The van der Waals surface area contributed by atoms with Crippen LogP contribution in [0.4, 0.5) is 0 Å². The average Bonchev–Trinajstić information content (AvgIpc) is 2.28. The molecule has 1 saturated carbocycles. The van der Waals surface area contributed by atoms with Gasteiger partial charge in [-0.15, -0.1) is 0 Å². The fraction of sp³-hybridized carbons (Fsp3) is 1.00. The third kappa shape index (κ3) is 2.96. The fourth-order valence-corrected chi connectivity index (χ4v) is 2.58. The molecule has 1 fully saturated rings. The summed E-state index contributed by atoms with van der Waals surface area (Å²) in [5.74, 6) is 0. The molecule has 1 rings (SSSR count). The first-order valence-electron chi connectivity index (χ1n) is 6.47. The summed E-state index contributed by atoms with van der Waals surface area (Å²) in [6.45, 7) is 6.89. The third-order valence-electron chi connectivity index (χ3n) is 4.54. The average molecular weight is 228 g/mol. The molecular formula is C13H28N2O. The normalized spacial score (nSPS) is 32.1. The van der Waals surface area contributed by atoms with Gasteiger partial charge in [-0.25, -0.2) is 0 Å². The quantitative estimate of drug-likeness (QED) is 0.770. The van der Waals surface area contributed by atoms with Gasteiger partial charge in [0.15, 0.2) is 0 Å². The number of rotatable bonds is 4. The molecule has 0 aromatic rings. The van der Waals surface area contributed by atoms with Crippen LogP contribution in [-0.4, -0.2) is 40.8 Å². The van der Waals surface area contributed by atoms with Crippen LogP contribution in [0.3, 0.4) is 0 Å². The van der Waals surface area contributed by atoms with Gasteiger partial charge in [0.05, 0.1) is 6.61 Å². The van der Waals surface area contributed by atoms with Gasteiger partial charge in [-0.05, 0) is 53.0 Å². The van der Waals surface area contributed by atoms with E-state index in [2.05, 4.69) is 32.7 Å². The van der Waals surface area contributed by atoms with Gasteiger partial charge < -0.3 is 10.8 Å². The SMILES string of the molecule is CCC(C)(C)N(C)C1CCCC(N)(CO)C1. The summed E-state index contributed by atoms with van der Waals surface area (Å²) in [4.78, 5) is 2.45. The summed E-state index contributed by atoms with van der Waals surface area (Å²) in [7, 11) is 2.19. The van der Waals surface area contributed by atoms with Crippen molar-refractivity contribution in [3.8, 4) is 0 Å². The molecule has 0 heterocycles. The van der Waals surface area contributed by atoms with E-state index in [1.54, 1.807) is 0 Å². The number of hydrogen-bond donors (Lipinski definition) is 2. The van der Waals surface area contributed by atoms with Crippen molar-refractivity contribution in [2.75, 3.05) is 13.7 Å². The molecule has 0 aromatic heterocycles. The van der Waals surface area contributed by atoms with Gasteiger partial charge >= 0.3 is 0 Å². The van der Waals surface area contributed by atoms with Crippen LogP contribution < -0.4 is 5.73 Å².